The molecular formula is C12H16BrN5. The summed E-state index contributed by atoms with van der Waals surface area (Å²) in [6, 6.07) is 0.279. The van der Waals surface area contributed by atoms with Crippen LogP contribution in [0.25, 0.3) is 0 Å². The van der Waals surface area contributed by atoms with Crippen LogP contribution in [0, 0.1) is 13.8 Å². The molecule has 1 atom stereocenters. The molecule has 6 heteroatoms. The minimum absolute atomic E-state index is 0.279. The van der Waals surface area contributed by atoms with E-state index in [9.17, 15) is 0 Å². The van der Waals surface area contributed by atoms with E-state index >= 15 is 0 Å². The lowest BCUT2D eigenvalue weighted by Crippen LogP contribution is -2.25. The SMILES string of the molecule is Cc1nn(C)c(C)c1C1CCNc2c(Br)cnn21. The van der Waals surface area contributed by atoms with Gasteiger partial charge in [-0.1, -0.05) is 0 Å². The van der Waals surface area contributed by atoms with E-state index in [0.29, 0.717) is 0 Å². The van der Waals surface area contributed by atoms with Crippen LogP contribution in [0.4, 0.5) is 5.82 Å². The standard InChI is InChI=1S/C12H16BrN5/c1-7-11(8(2)17(3)16-7)10-4-5-14-12-9(13)6-15-18(10)12/h6,10,14H,4-5H2,1-3H3. The number of nitrogens with one attached hydrogen (secondary N) is 1. The molecule has 0 aromatic carbocycles. The Labute approximate surface area is 114 Å². The van der Waals surface area contributed by atoms with Gasteiger partial charge in [-0.05, 0) is 36.2 Å². The van der Waals surface area contributed by atoms with Gasteiger partial charge in [0.05, 0.1) is 22.4 Å². The molecule has 0 saturated heterocycles. The Hall–Kier alpha value is -1.30. The number of fused-ring (bicyclic) bond motifs is 1. The molecule has 0 fully saturated rings. The lowest BCUT2D eigenvalue weighted by atomic mass is 10.0. The second-order valence-electron chi connectivity index (χ2n) is 4.73. The minimum Gasteiger partial charge on any atom is -0.369 e. The van der Waals surface area contributed by atoms with Gasteiger partial charge in [-0.25, -0.2) is 4.68 Å². The number of aromatic nitrogens is 4. The Morgan fingerprint density at radius 2 is 2.22 bits per heavy atom. The lowest BCUT2D eigenvalue weighted by Gasteiger charge is -2.26. The lowest BCUT2D eigenvalue weighted by molar-refractivity contribution is 0.477. The zero-order valence-electron chi connectivity index (χ0n) is 10.7. The molecule has 1 aliphatic heterocycles. The molecule has 2 aromatic heterocycles. The van der Waals surface area contributed by atoms with E-state index in [0.717, 1.165) is 29.0 Å². The highest BCUT2D eigenvalue weighted by atomic mass is 79.9. The van der Waals surface area contributed by atoms with E-state index in [1.807, 2.05) is 17.9 Å². The first-order chi connectivity index (χ1) is 8.59. The average Bonchev–Trinajstić information content (AvgIpc) is 2.83. The molecule has 2 aromatic rings. The van der Waals surface area contributed by atoms with Gasteiger partial charge in [0.2, 0.25) is 0 Å². The van der Waals surface area contributed by atoms with Crippen molar-refractivity contribution >= 4 is 21.7 Å². The summed E-state index contributed by atoms with van der Waals surface area (Å²) in [5, 5.41) is 12.4. The number of hydrogen-bond acceptors (Lipinski definition) is 3. The Morgan fingerprint density at radius 3 is 2.89 bits per heavy atom. The van der Waals surface area contributed by atoms with Crippen molar-refractivity contribution in [3.8, 4) is 0 Å². The number of hydrogen-bond donors (Lipinski definition) is 1. The number of nitrogens with zero attached hydrogens (tertiary/aromatic N) is 4. The van der Waals surface area contributed by atoms with Crippen molar-refractivity contribution in [2.24, 2.45) is 7.05 Å². The predicted octanol–water partition coefficient (Wildman–Crippen LogP) is 2.40. The second kappa shape index (κ2) is 4.12. The van der Waals surface area contributed by atoms with E-state index in [1.165, 1.54) is 11.3 Å². The molecule has 1 aliphatic rings. The maximum atomic E-state index is 4.51. The Morgan fingerprint density at radius 1 is 1.44 bits per heavy atom. The molecular weight excluding hydrogens is 294 g/mol. The molecule has 0 bridgehead atoms. The van der Waals surface area contributed by atoms with Gasteiger partial charge in [0.25, 0.3) is 0 Å². The highest BCUT2D eigenvalue weighted by molar-refractivity contribution is 9.10. The summed E-state index contributed by atoms with van der Waals surface area (Å²) in [5.74, 6) is 1.06. The van der Waals surface area contributed by atoms with E-state index in [2.05, 4.69) is 50.0 Å². The summed E-state index contributed by atoms with van der Waals surface area (Å²) in [5.41, 5.74) is 3.62. The van der Waals surface area contributed by atoms with Gasteiger partial charge in [0.15, 0.2) is 0 Å². The fourth-order valence-electron chi connectivity index (χ4n) is 2.73. The summed E-state index contributed by atoms with van der Waals surface area (Å²) in [6.45, 7) is 5.15. The number of rotatable bonds is 1. The van der Waals surface area contributed by atoms with E-state index < -0.39 is 0 Å². The van der Waals surface area contributed by atoms with E-state index in [4.69, 9.17) is 0 Å². The fourth-order valence-corrected chi connectivity index (χ4v) is 3.14. The second-order valence-corrected chi connectivity index (χ2v) is 5.58. The minimum atomic E-state index is 0.279. The highest BCUT2D eigenvalue weighted by Crippen LogP contribution is 2.35. The van der Waals surface area contributed by atoms with Crippen molar-refractivity contribution in [3.05, 3.63) is 27.6 Å². The van der Waals surface area contributed by atoms with Gasteiger partial charge in [-0.3, -0.25) is 4.68 Å². The average molecular weight is 310 g/mol. The topological polar surface area (TPSA) is 47.7 Å². The molecule has 0 radical (unpaired) electrons. The molecule has 1 N–H and O–H groups in total. The molecule has 5 nitrogen and oxygen atoms in total. The largest absolute Gasteiger partial charge is 0.369 e. The number of anilines is 1. The summed E-state index contributed by atoms with van der Waals surface area (Å²) in [4.78, 5) is 0. The van der Waals surface area contributed by atoms with Gasteiger partial charge in [0.1, 0.15) is 5.82 Å². The van der Waals surface area contributed by atoms with Gasteiger partial charge in [-0.2, -0.15) is 10.2 Å². The van der Waals surface area contributed by atoms with Gasteiger partial charge in [0, 0.05) is 24.8 Å². The van der Waals surface area contributed by atoms with Gasteiger partial charge in [-0.15, -0.1) is 0 Å². The van der Waals surface area contributed by atoms with Crippen LogP contribution >= 0.6 is 15.9 Å². The Balaban J connectivity index is 2.14. The van der Waals surface area contributed by atoms with Crippen LogP contribution in [-0.2, 0) is 7.05 Å². The summed E-state index contributed by atoms with van der Waals surface area (Å²) >= 11 is 3.53. The number of halogens is 1. The molecule has 0 spiro atoms. The van der Waals surface area contributed by atoms with Crippen molar-refractivity contribution in [2.45, 2.75) is 26.3 Å². The third-order valence-corrected chi connectivity index (χ3v) is 4.23. The van der Waals surface area contributed by atoms with Gasteiger partial charge >= 0.3 is 0 Å². The molecule has 3 rings (SSSR count). The van der Waals surface area contributed by atoms with Crippen LogP contribution < -0.4 is 5.32 Å². The van der Waals surface area contributed by atoms with Crippen molar-refractivity contribution in [3.63, 3.8) is 0 Å². The molecule has 1 unspecified atom stereocenters. The molecule has 18 heavy (non-hydrogen) atoms. The first-order valence-electron chi connectivity index (χ1n) is 6.06. The number of aryl methyl sites for hydroxylation is 2. The first-order valence-corrected chi connectivity index (χ1v) is 6.86. The van der Waals surface area contributed by atoms with Crippen LogP contribution in [-0.4, -0.2) is 26.1 Å². The quantitative estimate of drug-likeness (QED) is 0.880. The Kier molecular flexibility index (Phi) is 2.69. The monoisotopic (exact) mass is 309 g/mol. The van der Waals surface area contributed by atoms with Crippen molar-refractivity contribution in [1.82, 2.24) is 19.6 Å². The molecule has 3 heterocycles. The summed E-state index contributed by atoms with van der Waals surface area (Å²) < 4.78 is 5.03. The summed E-state index contributed by atoms with van der Waals surface area (Å²) in [7, 11) is 1.99. The molecule has 0 saturated carbocycles. The fraction of sp³-hybridized carbons (Fsp3) is 0.500. The van der Waals surface area contributed by atoms with Crippen molar-refractivity contribution < 1.29 is 0 Å². The van der Waals surface area contributed by atoms with Crippen LogP contribution in [0.3, 0.4) is 0 Å². The molecule has 0 amide bonds. The predicted molar refractivity (Wildman–Crippen MR) is 73.9 cm³/mol. The van der Waals surface area contributed by atoms with Crippen LogP contribution in [0.15, 0.2) is 10.7 Å². The Bertz CT molecular complexity index is 598. The molecule has 96 valence electrons. The van der Waals surface area contributed by atoms with Crippen LogP contribution in [0.2, 0.25) is 0 Å². The van der Waals surface area contributed by atoms with E-state index in [-0.39, 0.29) is 6.04 Å². The van der Waals surface area contributed by atoms with Crippen LogP contribution in [0.5, 0.6) is 0 Å². The maximum Gasteiger partial charge on any atom is 0.139 e. The van der Waals surface area contributed by atoms with Gasteiger partial charge < -0.3 is 5.32 Å². The third-order valence-electron chi connectivity index (χ3n) is 3.65. The van der Waals surface area contributed by atoms with E-state index in [1.54, 1.807) is 0 Å². The van der Waals surface area contributed by atoms with Crippen molar-refractivity contribution in [1.29, 1.82) is 0 Å². The first kappa shape index (κ1) is 11.8. The zero-order chi connectivity index (χ0) is 12.9. The third kappa shape index (κ3) is 1.59. The van der Waals surface area contributed by atoms with Crippen LogP contribution in [0.1, 0.15) is 29.4 Å². The normalized spacial score (nSPS) is 18.6. The zero-order valence-corrected chi connectivity index (χ0v) is 12.3. The maximum absolute atomic E-state index is 4.51. The molecule has 0 aliphatic carbocycles. The highest BCUT2D eigenvalue weighted by Gasteiger charge is 2.28. The van der Waals surface area contributed by atoms with Crippen molar-refractivity contribution in [2.75, 3.05) is 11.9 Å². The summed E-state index contributed by atoms with van der Waals surface area (Å²) in [6.07, 6.45) is 2.89. The smallest absolute Gasteiger partial charge is 0.139 e.